The molecule has 1 fully saturated rings. The number of hydrogen-bond acceptors (Lipinski definition) is 2. The lowest BCUT2D eigenvalue weighted by Gasteiger charge is -2.28. The molecule has 0 atom stereocenters. The Balaban J connectivity index is 1.33. The van der Waals surface area contributed by atoms with Crippen molar-refractivity contribution >= 4 is 39.9 Å². The molecule has 0 saturated carbocycles. The minimum absolute atomic E-state index is 0.0230. The fraction of sp³-hybridized carbons (Fsp3) is 0.273. The van der Waals surface area contributed by atoms with Gasteiger partial charge in [0.05, 0.1) is 0 Å². The Labute approximate surface area is 169 Å². The smallest absolute Gasteiger partial charge is 0.275 e. The molecule has 2 heterocycles. The first-order chi connectivity index (χ1) is 13.7. The first kappa shape index (κ1) is 18.7. The van der Waals surface area contributed by atoms with E-state index in [0.717, 1.165) is 38.4 Å². The summed E-state index contributed by atoms with van der Waals surface area (Å²) in [5.41, 5.74) is 3.25. The lowest BCUT2D eigenvalue weighted by atomic mass is 10.1. The predicted molar refractivity (Wildman–Crippen MR) is 113 cm³/mol. The van der Waals surface area contributed by atoms with E-state index in [9.17, 15) is 4.79 Å². The van der Waals surface area contributed by atoms with E-state index >= 15 is 0 Å². The molecule has 28 heavy (non-hydrogen) atoms. The Morgan fingerprint density at radius 1 is 1.04 bits per heavy atom. The van der Waals surface area contributed by atoms with Crippen LogP contribution in [0.3, 0.4) is 0 Å². The molecule has 3 aromatic rings. The van der Waals surface area contributed by atoms with Crippen molar-refractivity contribution in [3.8, 4) is 0 Å². The zero-order valence-electron chi connectivity index (χ0n) is 15.7. The van der Waals surface area contributed by atoms with Gasteiger partial charge >= 0.3 is 0 Å². The van der Waals surface area contributed by atoms with Gasteiger partial charge in [-0.25, -0.2) is 4.98 Å². The SMILES string of the molecule is O=C(CCl)Nc1ccc(C[NH+]2CCN(c3ccc4ccccc4[nH+]3)CC2)cc1. The van der Waals surface area contributed by atoms with E-state index in [2.05, 4.69) is 63.7 Å². The van der Waals surface area contributed by atoms with Crippen molar-refractivity contribution in [3.63, 3.8) is 0 Å². The number of H-pyrrole nitrogens is 1. The molecule has 6 heteroatoms. The molecule has 1 aromatic heterocycles. The van der Waals surface area contributed by atoms with Gasteiger partial charge in [0, 0.05) is 22.7 Å². The lowest BCUT2D eigenvalue weighted by Crippen LogP contribution is -3.13. The van der Waals surface area contributed by atoms with Crippen LogP contribution in [0.15, 0.2) is 60.7 Å². The number of quaternary nitrogens is 1. The average molecular weight is 397 g/mol. The fourth-order valence-corrected chi connectivity index (χ4v) is 3.79. The number of aromatic nitrogens is 1. The maximum atomic E-state index is 11.3. The second-order valence-electron chi connectivity index (χ2n) is 7.22. The molecular weight excluding hydrogens is 372 g/mol. The third kappa shape index (κ3) is 4.43. The highest BCUT2D eigenvalue weighted by atomic mass is 35.5. The van der Waals surface area contributed by atoms with Gasteiger partial charge < -0.3 is 10.2 Å². The standard InChI is InChI=1S/C22H23ClN4O/c23-15-22(28)24-19-8-5-17(6-9-19)16-26-11-13-27(14-12-26)21-10-7-18-3-1-2-4-20(18)25-21/h1-10H,11-16H2,(H,24,28)/p+2. The lowest BCUT2D eigenvalue weighted by molar-refractivity contribution is -0.914. The molecule has 1 aliphatic rings. The van der Waals surface area contributed by atoms with E-state index in [1.165, 1.54) is 22.3 Å². The van der Waals surface area contributed by atoms with Gasteiger partial charge in [-0.2, -0.15) is 0 Å². The van der Waals surface area contributed by atoms with Gasteiger partial charge in [-0.05, 0) is 24.3 Å². The van der Waals surface area contributed by atoms with E-state index in [1.54, 1.807) is 4.90 Å². The van der Waals surface area contributed by atoms with Crippen molar-refractivity contribution in [1.29, 1.82) is 0 Å². The minimum Gasteiger partial charge on any atom is -0.325 e. The highest BCUT2D eigenvalue weighted by Gasteiger charge is 2.26. The first-order valence-corrected chi connectivity index (χ1v) is 10.2. The number of anilines is 2. The van der Waals surface area contributed by atoms with Crippen LogP contribution in [0.4, 0.5) is 11.5 Å². The highest BCUT2D eigenvalue weighted by Crippen LogP contribution is 2.14. The number of hydrogen-bond donors (Lipinski definition) is 2. The summed E-state index contributed by atoms with van der Waals surface area (Å²) in [6.45, 7) is 5.28. The molecule has 0 aliphatic carbocycles. The summed E-state index contributed by atoms with van der Waals surface area (Å²) >= 11 is 5.53. The zero-order valence-corrected chi connectivity index (χ0v) is 16.5. The molecule has 4 rings (SSSR count). The van der Waals surface area contributed by atoms with Gasteiger partial charge in [-0.1, -0.05) is 30.3 Å². The van der Waals surface area contributed by atoms with Crippen molar-refractivity contribution in [2.24, 2.45) is 0 Å². The maximum Gasteiger partial charge on any atom is 0.275 e. The van der Waals surface area contributed by atoms with Crippen LogP contribution in [-0.2, 0) is 11.3 Å². The van der Waals surface area contributed by atoms with Gasteiger partial charge in [-0.3, -0.25) is 9.69 Å². The van der Waals surface area contributed by atoms with Gasteiger partial charge in [0.25, 0.3) is 5.82 Å². The number of benzene rings is 2. The summed E-state index contributed by atoms with van der Waals surface area (Å²) < 4.78 is 0. The second-order valence-corrected chi connectivity index (χ2v) is 7.49. The Kier molecular flexibility index (Phi) is 5.74. The van der Waals surface area contributed by atoms with Crippen LogP contribution in [-0.4, -0.2) is 38.0 Å². The zero-order chi connectivity index (χ0) is 19.3. The Bertz CT molecular complexity index is 952. The van der Waals surface area contributed by atoms with E-state index in [-0.39, 0.29) is 11.8 Å². The van der Waals surface area contributed by atoms with E-state index in [4.69, 9.17) is 11.6 Å². The minimum atomic E-state index is -0.179. The topological polar surface area (TPSA) is 50.9 Å². The number of amides is 1. The second kappa shape index (κ2) is 8.59. The molecular formula is C22H25ClN4O+2. The number of aromatic amines is 1. The van der Waals surface area contributed by atoms with Crippen LogP contribution < -0.4 is 20.1 Å². The van der Waals surface area contributed by atoms with E-state index in [0.29, 0.717) is 0 Å². The molecule has 1 aliphatic heterocycles. The molecule has 1 amide bonds. The summed E-state index contributed by atoms with van der Waals surface area (Å²) in [6, 6.07) is 20.8. The molecule has 0 unspecified atom stereocenters. The average Bonchev–Trinajstić information content (AvgIpc) is 2.75. The Hall–Kier alpha value is -2.63. The van der Waals surface area contributed by atoms with Crippen molar-refractivity contribution in [2.75, 3.05) is 42.3 Å². The summed E-state index contributed by atoms with van der Waals surface area (Å²) in [5.74, 6) is 0.990. The van der Waals surface area contributed by atoms with Gasteiger partial charge in [-0.15, -0.1) is 11.6 Å². The molecule has 0 spiro atoms. The summed E-state index contributed by atoms with van der Waals surface area (Å²) in [6.07, 6.45) is 0. The fourth-order valence-electron chi connectivity index (χ4n) is 3.72. The van der Waals surface area contributed by atoms with Gasteiger partial charge in [0.1, 0.15) is 44.1 Å². The highest BCUT2D eigenvalue weighted by molar-refractivity contribution is 6.29. The molecule has 144 valence electrons. The van der Waals surface area contributed by atoms with Crippen molar-refractivity contribution < 1.29 is 14.7 Å². The normalized spacial score (nSPS) is 15.0. The van der Waals surface area contributed by atoms with Crippen LogP contribution >= 0.6 is 11.6 Å². The van der Waals surface area contributed by atoms with Crippen LogP contribution in [0.25, 0.3) is 10.9 Å². The quantitative estimate of drug-likeness (QED) is 0.645. The Morgan fingerprint density at radius 2 is 1.79 bits per heavy atom. The molecule has 0 radical (unpaired) electrons. The van der Waals surface area contributed by atoms with Crippen LogP contribution in [0.5, 0.6) is 0 Å². The molecule has 5 nitrogen and oxygen atoms in total. The van der Waals surface area contributed by atoms with Crippen LogP contribution in [0.2, 0.25) is 0 Å². The number of carbonyl (C=O) groups is 1. The summed E-state index contributed by atoms with van der Waals surface area (Å²) in [7, 11) is 0. The number of halogens is 1. The largest absolute Gasteiger partial charge is 0.325 e. The first-order valence-electron chi connectivity index (χ1n) is 9.65. The molecule has 3 N–H and O–H groups in total. The van der Waals surface area contributed by atoms with Crippen molar-refractivity contribution in [1.82, 2.24) is 0 Å². The number of piperazine rings is 1. The van der Waals surface area contributed by atoms with Crippen molar-refractivity contribution in [2.45, 2.75) is 6.54 Å². The van der Waals surface area contributed by atoms with E-state index < -0.39 is 0 Å². The number of nitrogens with zero attached hydrogens (tertiary/aromatic N) is 1. The number of pyridine rings is 1. The number of nitrogens with one attached hydrogen (secondary N) is 3. The van der Waals surface area contributed by atoms with Gasteiger partial charge in [0.2, 0.25) is 5.91 Å². The van der Waals surface area contributed by atoms with E-state index in [1.807, 2.05) is 12.1 Å². The monoisotopic (exact) mass is 396 g/mol. The van der Waals surface area contributed by atoms with Crippen molar-refractivity contribution in [3.05, 3.63) is 66.2 Å². The third-order valence-corrected chi connectivity index (χ3v) is 5.51. The molecule has 2 aromatic carbocycles. The number of para-hydroxylation sites is 1. The predicted octanol–water partition coefficient (Wildman–Crippen LogP) is 1.74. The van der Waals surface area contributed by atoms with Crippen LogP contribution in [0, 0.1) is 0 Å². The maximum absolute atomic E-state index is 11.3. The van der Waals surface area contributed by atoms with Crippen LogP contribution in [0.1, 0.15) is 5.56 Å². The summed E-state index contributed by atoms with van der Waals surface area (Å²) in [5, 5.41) is 4.01. The van der Waals surface area contributed by atoms with Gasteiger partial charge in [0.15, 0.2) is 0 Å². The number of fused-ring (bicyclic) bond motifs is 1. The number of rotatable bonds is 5. The molecule has 1 saturated heterocycles. The number of carbonyl (C=O) groups excluding carboxylic acids is 1. The Morgan fingerprint density at radius 3 is 2.54 bits per heavy atom. The molecule has 0 bridgehead atoms. The third-order valence-electron chi connectivity index (χ3n) is 5.27. The number of alkyl halides is 1. The summed E-state index contributed by atoms with van der Waals surface area (Å²) in [4.78, 5) is 18.9.